The lowest BCUT2D eigenvalue weighted by molar-refractivity contribution is 0.740. The summed E-state index contributed by atoms with van der Waals surface area (Å²) in [5, 5.41) is 3.33. The first-order valence-corrected chi connectivity index (χ1v) is 5.19. The first kappa shape index (κ1) is 10.8. The molecule has 0 aliphatic rings. The van der Waals surface area contributed by atoms with Gasteiger partial charge in [-0.1, -0.05) is 49.8 Å². The Morgan fingerprint density at radius 2 is 2.21 bits per heavy atom. The summed E-state index contributed by atoms with van der Waals surface area (Å²) in [4.78, 5) is 0. The summed E-state index contributed by atoms with van der Waals surface area (Å²) in [5.74, 6) is 0. The Kier molecular flexibility index (Phi) is 4.24. The van der Waals surface area contributed by atoms with Gasteiger partial charge in [0.2, 0.25) is 0 Å². The maximum absolute atomic E-state index is 3.97. The topological polar surface area (TPSA) is 12.0 Å². The molecule has 0 aliphatic heterocycles. The Morgan fingerprint density at radius 3 is 2.86 bits per heavy atom. The van der Waals surface area contributed by atoms with Crippen molar-refractivity contribution in [2.75, 3.05) is 0 Å². The van der Waals surface area contributed by atoms with Gasteiger partial charge in [-0.25, -0.2) is 0 Å². The van der Waals surface area contributed by atoms with Gasteiger partial charge in [-0.2, -0.15) is 0 Å². The van der Waals surface area contributed by atoms with E-state index in [1.807, 2.05) is 0 Å². The fourth-order valence-electron chi connectivity index (χ4n) is 1.44. The molecule has 0 spiro atoms. The Balaban J connectivity index is 2.41. The number of nitrogens with one attached hydrogen (secondary N) is 1. The molecule has 14 heavy (non-hydrogen) atoms. The van der Waals surface area contributed by atoms with E-state index in [1.165, 1.54) is 11.1 Å². The van der Waals surface area contributed by atoms with Gasteiger partial charge in [0.15, 0.2) is 0 Å². The molecule has 0 amide bonds. The zero-order valence-corrected chi connectivity index (χ0v) is 9.14. The Bertz CT molecular complexity index is 302. The summed E-state index contributed by atoms with van der Waals surface area (Å²) in [6, 6.07) is 8.55. The van der Waals surface area contributed by atoms with Crippen LogP contribution in [0.25, 0.3) is 0 Å². The summed E-state index contributed by atoms with van der Waals surface area (Å²) in [6.07, 6.45) is 2.21. The largest absolute Gasteiger partial charge is 0.385 e. The van der Waals surface area contributed by atoms with Gasteiger partial charge in [-0.05, 0) is 18.9 Å². The highest BCUT2D eigenvalue weighted by Gasteiger charge is 1.94. The third kappa shape index (κ3) is 3.65. The summed E-state index contributed by atoms with van der Waals surface area (Å²) in [5.41, 5.74) is 3.77. The quantitative estimate of drug-likeness (QED) is 0.748. The molecule has 0 saturated carbocycles. The van der Waals surface area contributed by atoms with Crippen molar-refractivity contribution in [3.05, 3.63) is 47.7 Å². The van der Waals surface area contributed by atoms with E-state index in [1.54, 1.807) is 0 Å². The van der Waals surface area contributed by atoms with Crippen molar-refractivity contribution in [2.24, 2.45) is 0 Å². The van der Waals surface area contributed by atoms with E-state index in [4.69, 9.17) is 0 Å². The Labute approximate surface area is 86.8 Å². The standard InChI is InChI=1S/C13H19N/c1-4-6-12(3)14-10-13-8-5-7-11(2)9-13/h5,7-9,14H,3-4,6,10H2,1-2H3. The van der Waals surface area contributed by atoms with Crippen molar-refractivity contribution in [1.29, 1.82) is 0 Å². The predicted molar refractivity (Wildman–Crippen MR) is 62.1 cm³/mol. The van der Waals surface area contributed by atoms with Crippen LogP contribution in [-0.2, 0) is 6.54 Å². The van der Waals surface area contributed by atoms with Crippen molar-refractivity contribution >= 4 is 0 Å². The molecule has 1 N–H and O–H groups in total. The first-order valence-electron chi connectivity index (χ1n) is 5.19. The summed E-state index contributed by atoms with van der Waals surface area (Å²) < 4.78 is 0. The van der Waals surface area contributed by atoms with E-state index in [2.05, 4.69) is 50.0 Å². The fraction of sp³-hybridized carbons (Fsp3) is 0.385. The van der Waals surface area contributed by atoms with Gasteiger partial charge < -0.3 is 5.32 Å². The smallest absolute Gasteiger partial charge is 0.0397 e. The maximum atomic E-state index is 3.97. The molecule has 0 atom stereocenters. The highest BCUT2D eigenvalue weighted by Crippen LogP contribution is 2.05. The third-order valence-corrected chi connectivity index (χ3v) is 2.18. The second-order valence-electron chi connectivity index (χ2n) is 3.70. The van der Waals surface area contributed by atoms with Crippen LogP contribution in [0.3, 0.4) is 0 Å². The minimum atomic E-state index is 0.889. The maximum Gasteiger partial charge on any atom is 0.0397 e. The van der Waals surface area contributed by atoms with Gasteiger partial charge in [0.25, 0.3) is 0 Å². The van der Waals surface area contributed by atoms with Crippen LogP contribution in [-0.4, -0.2) is 0 Å². The van der Waals surface area contributed by atoms with Crippen LogP contribution in [0.2, 0.25) is 0 Å². The molecule has 0 aliphatic carbocycles. The number of hydrogen-bond donors (Lipinski definition) is 1. The summed E-state index contributed by atoms with van der Waals surface area (Å²) in [6.45, 7) is 9.14. The van der Waals surface area contributed by atoms with E-state index in [0.717, 1.165) is 25.1 Å². The molecule has 0 fully saturated rings. The molecule has 1 heteroatoms. The van der Waals surface area contributed by atoms with Crippen LogP contribution < -0.4 is 5.32 Å². The lowest BCUT2D eigenvalue weighted by Gasteiger charge is -2.08. The predicted octanol–water partition coefficient (Wildman–Crippen LogP) is 3.40. The number of rotatable bonds is 5. The average Bonchev–Trinajstić information content (AvgIpc) is 2.15. The molecule has 1 aromatic rings. The number of allylic oxidation sites excluding steroid dienone is 1. The van der Waals surface area contributed by atoms with Crippen molar-refractivity contribution in [3.63, 3.8) is 0 Å². The fourth-order valence-corrected chi connectivity index (χ4v) is 1.44. The number of benzene rings is 1. The van der Waals surface area contributed by atoms with Gasteiger partial charge >= 0.3 is 0 Å². The van der Waals surface area contributed by atoms with Gasteiger partial charge in [0.05, 0.1) is 0 Å². The lowest BCUT2D eigenvalue weighted by Crippen LogP contribution is -2.11. The van der Waals surface area contributed by atoms with Gasteiger partial charge in [-0.3, -0.25) is 0 Å². The van der Waals surface area contributed by atoms with Crippen molar-refractivity contribution in [2.45, 2.75) is 33.2 Å². The molecule has 0 aromatic heterocycles. The molecule has 1 rings (SSSR count). The highest BCUT2D eigenvalue weighted by molar-refractivity contribution is 5.22. The molecule has 0 heterocycles. The van der Waals surface area contributed by atoms with Crippen molar-refractivity contribution in [1.82, 2.24) is 5.32 Å². The van der Waals surface area contributed by atoms with Crippen LogP contribution in [0.4, 0.5) is 0 Å². The monoisotopic (exact) mass is 189 g/mol. The van der Waals surface area contributed by atoms with E-state index >= 15 is 0 Å². The second kappa shape index (κ2) is 5.48. The molecule has 76 valence electrons. The minimum Gasteiger partial charge on any atom is -0.385 e. The van der Waals surface area contributed by atoms with E-state index in [0.29, 0.717) is 0 Å². The normalized spacial score (nSPS) is 9.86. The van der Waals surface area contributed by atoms with Crippen LogP contribution in [0.15, 0.2) is 36.5 Å². The molecule has 1 nitrogen and oxygen atoms in total. The molecular weight excluding hydrogens is 170 g/mol. The van der Waals surface area contributed by atoms with Gasteiger partial charge in [0.1, 0.15) is 0 Å². The summed E-state index contributed by atoms with van der Waals surface area (Å²) >= 11 is 0. The van der Waals surface area contributed by atoms with E-state index in [-0.39, 0.29) is 0 Å². The van der Waals surface area contributed by atoms with Gasteiger partial charge in [0, 0.05) is 12.2 Å². The van der Waals surface area contributed by atoms with Gasteiger partial charge in [-0.15, -0.1) is 0 Å². The average molecular weight is 189 g/mol. The minimum absolute atomic E-state index is 0.889. The van der Waals surface area contributed by atoms with Crippen molar-refractivity contribution in [3.8, 4) is 0 Å². The van der Waals surface area contributed by atoms with Crippen molar-refractivity contribution < 1.29 is 0 Å². The molecule has 0 radical (unpaired) electrons. The highest BCUT2D eigenvalue weighted by atomic mass is 14.9. The molecular formula is C13H19N. The van der Waals surface area contributed by atoms with Crippen LogP contribution in [0, 0.1) is 6.92 Å². The lowest BCUT2D eigenvalue weighted by atomic mass is 10.1. The first-order chi connectivity index (χ1) is 6.72. The Morgan fingerprint density at radius 1 is 1.43 bits per heavy atom. The summed E-state index contributed by atoms with van der Waals surface area (Å²) in [7, 11) is 0. The van der Waals surface area contributed by atoms with Crippen LogP contribution in [0.5, 0.6) is 0 Å². The second-order valence-corrected chi connectivity index (χ2v) is 3.70. The Hall–Kier alpha value is -1.24. The zero-order chi connectivity index (χ0) is 10.4. The molecule has 0 bridgehead atoms. The third-order valence-electron chi connectivity index (χ3n) is 2.18. The molecule has 0 unspecified atom stereocenters. The number of hydrogen-bond acceptors (Lipinski definition) is 1. The number of aryl methyl sites for hydroxylation is 1. The SMILES string of the molecule is C=C(CCC)NCc1cccc(C)c1. The van der Waals surface area contributed by atoms with E-state index < -0.39 is 0 Å². The zero-order valence-electron chi connectivity index (χ0n) is 9.14. The van der Waals surface area contributed by atoms with E-state index in [9.17, 15) is 0 Å². The molecule has 0 saturated heterocycles. The molecule has 1 aromatic carbocycles. The van der Waals surface area contributed by atoms with Crippen LogP contribution in [0.1, 0.15) is 30.9 Å². The van der Waals surface area contributed by atoms with Crippen LogP contribution >= 0.6 is 0 Å².